The van der Waals surface area contributed by atoms with Gasteiger partial charge in [-0.2, -0.15) is 0 Å². The molecule has 1 aromatic carbocycles. The molecule has 1 atom stereocenters. The summed E-state index contributed by atoms with van der Waals surface area (Å²) >= 11 is 0. The van der Waals surface area contributed by atoms with Gasteiger partial charge in [0.05, 0.1) is 7.11 Å². The number of Topliss-reactive ketones (excluding diaryl/α,β-unsaturated/α-hetero) is 1. The largest absolute Gasteiger partial charge is 0.497 e. The van der Waals surface area contributed by atoms with Gasteiger partial charge in [-0.25, -0.2) is 0 Å². The molecule has 0 bridgehead atoms. The summed E-state index contributed by atoms with van der Waals surface area (Å²) < 4.78 is 11.4. The average molecular weight is 304 g/mol. The Labute approximate surface area is 128 Å². The number of rotatable bonds is 4. The van der Waals surface area contributed by atoms with Crippen molar-refractivity contribution in [1.29, 1.82) is 0 Å². The predicted molar refractivity (Wildman–Crippen MR) is 88.0 cm³/mol. The van der Waals surface area contributed by atoms with Gasteiger partial charge in [-0.05, 0) is 55.4 Å². The van der Waals surface area contributed by atoms with E-state index in [4.69, 9.17) is 9.16 Å². The lowest BCUT2D eigenvalue weighted by atomic mass is 9.90. The maximum absolute atomic E-state index is 12.1. The van der Waals surface area contributed by atoms with Crippen LogP contribution in [0.25, 0.3) is 6.08 Å². The molecule has 1 aromatic rings. The minimum absolute atomic E-state index is 0.186. The Morgan fingerprint density at radius 1 is 1.29 bits per heavy atom. The van der Waals surface area contributed by atoms with Crippen molar-refractivity contribution >= 4 is 20.2 Å². The zero-order valence-corrected chi connectivity index (χ0v) is 14.3. The summed E-state index contributed by atoms with van der Waals surface area (Å²) in [6.07, 6.45) is 4.32. The van der Waals surface area contributed by atoms with Crippen molar-refractivity contribution in [3.8, 4) is 5.75 Å². The number of hydrogen-bond acceptors (Lipinski definition) is 3. The van der Waals surface area contributed by atoms with Crippen LogP contribution in [0.15, 0.2) is 29.8 Å². The van der Waals surface area contributed by atoms with E-state index in [2.05, 4.69) is 19.6 Å². The molecule has 4 heteroatoms. The molecule has 1 aliphatic carbocycles. The molecule has 0 N–H and O–H groups in total. The fraction of sp³-hybridized carbons (Fsp3) is 0.471. The predicted octanol–water partition coefficient (Wildman–Crippen LogP) is 4.05. The zero-order chi connectivity index (χ0) is 15.5. The fourth-order valence-electron chi connectivity index (χ4n) is 2.59. The number of carbonyl (C=O) groups is 1. The van der Waals surface area contributed by atoms with Crippen molar-refractivity contribution < 1.29 is 14.0 Å². The van der Waals surface area contributed by atoms with Crippen LogP contribution in [-0.2, 0) is 9.22 Å². The number of carbonyl (C=O) groups excluding carboxylic acids is 1. The Morgan fingerprint density at radius 2 is 2.05 bits per heavy atom. The molecule has 0 spiro atoms. The Morgan fingerprint density at radius 3 is 2.71 bits per heavy atom. The van der Waals surface area contributed by atoms with Crippen LogP contribution in [-0.4, -0.2) is 27.3 Å². The third-order valence-corrected chi connectivity index (χ3v) is 4.49. The molecule has 0 amide bonds. The molecule has 2 rings (SSSR count). The lowest BCUT2D eigenvalue weighted by molar-refractivity contribution is -0.117. The minimum Gasteiger partial charge on any atom is -0.497 e. The molecule has 114 valence electrons. The van der Waals surface area contributed by atoms with E-state index in [-0.39, 0.29) is 11.9 Å². The lowest BCUT2D eigenvalue weighted by Crippen LogP contribution is -2.35. The van der Waals surface area contributed by atoms with Crippen molar-refractivity contribution in [2.24, 2.45) is 0 Å². The van der Waals surface area contributed by atoms with E-state index in [9.17, 15) is 4.79 Å². The highest BCUT2D eigenvalue weighted by molar-refractivity contribution is 6.69. The van der Waals surface area contributed by atoms with Gasteiger partial charge in [-0.15, -0.1) is 0 Å². The summed E-state index contributed by atoms with van der Waals surface area (Å²) in [7, 11) is 0.0871. The first kappa shape index (κ1) is 16.0. The number of methoxy groups -OCH3 is 1. The normalized spacial score (nSPS) is 21.6. The van der Waals surface area contributed by atoms with Gasteiger partial charge in [-0.1, -0.05) is 12.1 Å². The van der Waals surface area contributed by atoms with Crippen LogP contribution >= 0.6 is 0 Å². The first-order chi connectivity index (χ1) is 9.87. The van der Waals surface area contributed by atoms with Gasteiger partial charge in [0.15, 0.2) is 14.1 Å². The first-order valence-corrected chi connectivity index (χ1v) is 10.8. The Kier molecular flexibility index (Phi) is 5.01. The second-order valence-corrected chi connectivity index (χ2v) is 10.9. The number of hydrogen-bond donors (Lipinski definition) is 0. The highest BCUT2D eigenvalue weighted by Gasteiger charge is 2.28. The second kappa shape index (κ2) is 6.58. The molecule has 1 saturated carbocycles. The molecule has 0 aliphatic heterocycles. The molecular weight excluding hydrogens is 280 g/mol. The number of ether oxygens (including phenoxy) is 1. The van der Waals surface area contributed by atoms with E-state index in [1.807, 2.05) is 30.3 Å². The monoisotopic (exact) mass is 304 g/mol. The van der Waals surface area contributed by atoms with Crippen LogP contribution in [0.1, 0.15) is 24.8 Å². The molecule has 3 nitrogen and oxygen atoms in total. The van der Waals surface area contributed by atoms with E-state index in [1.54, 1.807) is 7.11 Å². The summed E-state index contributed by atoms with van der Waals surface area (Å²) in [6, 6.07) is 7.78. The standard InChI is InChI=1S/C17H24O3Si/c1-19-15-7-5-6-13(11-15)10-14-12-16(8-9-17(14)18)20-21(2,3)4/h5-7,10-11,16H,8-9,12H2,1-4H3. The van der Waals surface area contributed by atoms with Crippen LogP contribution in [0.2, 0.25) is 19.6 Å². The Bertz CT molecular complexity index is 543. The van der Waals surface area contributed by atoms with Crippen molar-refractivity contribution in [3.05, 3.63) is 35.4 Å². The zero-order valence-electron chi connectivity index (χ0n) is 13.3. The summed E-state index contributed by atoms with van der Waals surface area (Å²) in [5.41, 5.74) is 1.88. The first-order valence-electron chi connectivity index (χ1n) is 7.43. The molecular formula is C17H24O3Si. The smallest absolute Gasteiger partial charge is 0.184 e. The SMILES string of the molecule is COc1cccc(C=C2CC(O[Si](C)(C)C)CCC2=O)c1. The molecule has 1 aliphatic rings. The van der Waals surface area contributed by atoms with E-state index in [0.29, 0.717) is 6.42 Å². The van der Waals surface area contributed by atoms with Crippen molar-refractivity contribution in [3.63, 3.8) is 0 Å². The molecule has 0 radical (unpaired) electrons. The number of benzene rings is 1. The van der Waals surface area contributed by atoms with Gasteiger partial charge >= 0.3 is 0 Å². The van der Waals surface area contributed by atoms with Gasteiger partial charge < -0.3 is 9.16 Å². The van der Waals surface area contributed by atoms with Gasteiger partial charge in [0.1, 0.15) is 5.75 Å². The Hall–Kier alpha value is -1.39. The van der Waals surface area contributed by atoms with Crippen LogP contribution in [0.5, 0.6) is 5.75 Å². The van der Waals surface area contributed by atoms with Crippen molar-refractivity contribution in [2.75, 3.05) is 7.11 Å². The Balaban J connectivity index is 2.15. The maximum atomic E-state index is 12.1. The average Bonchev–Trinajstić information content (AvgIpc) is 2.41. The lowest BCUT2D eigenvalue weighted by Gasteiger charge is -2.30. The molecule has 21 heavy (non-hydrogen) atoms. The third-order valence-electron chi connectivity index (χ3n) is 3.45. The quantitative estimate of drug-likeness (QED) is 0.622. The van der Waals surface area contributed by atoms with Gasteiger partial charge in [0.2, 0.25) is 0 Å². The highest BCUT2D eigenvalue weighted by atomic mass is 28.4. The van der Waals surface area contributed by atoms with E-state index in [0.717, 1.165) is 29.7 Å². The highest BCUT2D eigenvalue weighted by Crippen LogP contribution is 2.27. The van der Waals surface area contributed by atoms with Crippen LogP contribution < -0.4 is 4.74 Å². The van der Waals surface area contributed by atoms with E-state index >= 15 is 0 Å². The molecule has 1 unspecified atom stereocenters. The number of ketones is 1. The molecule has 0 saturated heterocycles. The second-order valence-electron chi connectivity index (χ2n) is 6.46. The van der Waals surface area contributed by atoms with Crippen molar-refractivity contribution in [2.45, 2.75) is 45.0 Å². The maximum Gasteiger partial charge on any atom is 0.184 e. The van der Waals surface area contributed by atoms with E-state index in [1.165, 1.54) is 0 Å². The minimum atomic E-state index is -1.56. The molecule has 0 aromatic heterocycles. The van der Waals surface area contributed by atoms with Crippen LogP contribution in [0.4, 0.5) is 0 Å². The summed E-state index contributed by atoms with van der Waals surface area (Å²) in [5, 5.41) is 0. The van der Waals surface area contributed by atoms with Crippen LogP contribution in [0.3, 0.4) is 0 Å². The van der Waals surface area contributed by atoms with Gasteiger partial charge in [0, 0.05) is 18.9 Å². The summed E-state index contributed by atoms with van der Waals surface area (Å²) in [5.74, 6) is 1.05. The molecule has 1 fully saturated rings. The van der Waals surface area contributed by atoms with Crippen LogP contribution in [0, 0.1) is 0 Å². The summed E-state index contributed by atoms with van der Waals surface area (Å²) in [6.45, 7) is 6.57. The topological polar surface area (TPSA) is 35.5 Å². The molecule has 0 heterocycles. The van der Waals surface area contributed by atoms with Gasteiger partial charge in [-0.3, -0.25) is 4.79 Å². The summed E-state index contributed by atoms with van der Waals surface area (Å²) in [4.78, 5) is 12.1. The third kappa shape index (κ3) is 4.83. The van der Waals surface area contributed by atoms with Gasteiger partial charge in [0.25, 0.3) is 0 Å². The fourth-order valence-corrected chi connectivity index (χ4v) is 3.79. The van der Waals surface area contributed by atoms with Crippen molar-refractivity contribution in [1.82, 2.24) is 0 Å². The van der Waals surface area contributed by atoms with E-state index < -0.39 is 8.32 Å².